The zero-order valence-corrected chi connectivity index (χ0v) is 25.3. The summed E-state index contributed by atoms with van der Waals surface area (Å²) in [4.78, 5) is 27.4. The molecule has 2 N–H and O–H groups in total. The molecule has 6 unspecified atom stereocenters. The second kappa shape index (κ2) is 11.5. The highest BCUT2D eigenvalue weighted by molar-refractivity contribution is 7.99. The van der Waals surface area contributed by atoms with Crippen molar-refractivity contribution in [2.24, 2.45) is 5.92 Å². The van der Waals surface area contributed by atoms with E-state index in [0.29, 0.717) is 41.0 Å². The van der Waals surface area contributed by atoms with E-state index in [2.05, 4.69) is 57.1 Å². The minimum absolute atomic E-state index is 0.0723. The molecule has 6 atom stereocenters. The number of hydrogen-bond donors (Lipinski definition) is 2. The SMILES string of the molecule is CCCSc1nc(NC2CC2c2ccccc2)c2nnn(C3CC(C(=O)NCc4ccncc4)C4OC(C)(C)OC43)c2n1. The lowest BCUT2D eigenvalue weighted by Gasteiger charge is -2.23. The van der Waals surface area contributed by atoms with Gasteiger partial charge in [-0.25, -0.2) is 14.6 Å². The summed E-state index contributed by atoms with van der Waals surface area (Å²) >= 11 is 1.62. The predicted molar refractivity (Wildman–Crippen MR) is 162 cm³/mol. The smallest absolute Gasteiger partial charge is 0.226 e. The van der Waals surface area contributed by atoms with E-state index in [0.717, 1.165) is 24.2 Å². The van der Waals surface area contributed by atoms with Crippen LogP contribution in [0.25, 0.3) is 11.2 Å². The number of fused-ring (bicyclic) bond motifs is 2. The number of amides is 1. The molecule has 7 rings (SSSR count). The van der Waals surface area contributed by atoms with Gasteiger partial charge in [0, 0.05) is 36.7 Å². The Morgan fingerprint density at radius 3 is 2.65 bits per heavy atom. The Labute approximate surface area is 254 Å². The van der Waals surface area contributed by atoms with Crippen LogP contribution in [-0.4, -0.2) is 65.6 Å². The monoisotopic (exact) mass is 600 g/mol. The Balaban J connectivity index is 1.17. The Bertz CT molecular complexity index is 1600. The van der Waals surface area contributed by atoms with Crippen molar-refractivity contribution in [3.63, 3.8) is 0 Å². The third-order valence-corrected chi connectivity index (χ3v) is 9.43. The van der Waals surface area contributed by atoms with Gasteiger partial charge < -0.3 is 20.1 Å². The molecule has 3 fully saturated rings. The van der Waals surface area contributed by atoms with Crippen LogP contribution in [0.15, 0.2) is 60.0 Å². The fourth-order valence-electron chi connectivity index (χ4n) is 6.26. The zero-order valence-electron chi connectivity index (χ0n) is 24.5. The fraction of sp³-hybridized carbons (Fsp3) is 0.484. The number of nitrogens with one attached hydrogen (secondary N) is 2. The molecular formula is C31H36N8O3S. The minimum atomic E-state index is -0.823. The Hall–Kier alpha value is -3.61. The van der Waals surface area contributed by atoms with Crippen molar-refractivity contribution in [2.75, 3.05) is 11.1 Å². The average Bonchev–Trinajstić information content (AvgIpc) is 3.34. The predicted octanol–water partition coefficient (Wildman–Crippen LogP) is 4.48. The number of benzene rings is 1. The topological polar surface area (TPSA) is 129 Å². The van der Waals surface area contributed by atoms with E-state index < -0.39 is 17.8 Å². The van der Waals surface area contributed by atoms with Gasteiger partial charge in [0.25, 0.3) is 0 Å². The van der Waals surface area contributed by atoms with E-state index in [9.17, 15) is 4.79 Å². The fourth-order valence-corrected chi connectivity index (χ4v) is 6.95. The molecule has 12 heteroatoms. The maximum atomic E-state index is 13.5. The number of hydrogen-bond acceptors (Lipinski definition) is 10. The third kappa shape index (κ3) is 5.71. The van der Waals surface area contributed by atoms with E-state index in [-0.39, 0.29) is 24.1 Å². The molecule has 0 spiro atoms. The molecule has 1 saturated heterocycles. The van der Waals surface area contributed by atoms with E-state index in [1.54, 1.807) is 24.2 Å². The summed E-state index contributed by atoms with van der Waals surface area (Å²) in [7, 11) is 0. The van der Waals surface area contributed by atoms with E-state index in [1.165, 1.54) is 5.56 Å². The van der Waals surface area contributed by atoms with E-state index >= 15 is 0 Å². The van der Waals surface area contributed by atoms with Crippen molar-refractivity contribution in [3.05, 3.63) is 66.0 Å². The van der Waals surface area contributed by atoms with Crippen LogP contribution in [-0.2, 0) is 20.8 Å². The van der Waals surface area contributed by atoms with Crippen molar-refractivity contribution in [1.82, 2.24) is 35.3 Å². The molecule has 11 nitrogen and oxygen atoms in total. The molecule has 1 aromatic carbocycles. The van der Waals surface area contributed by atoms with Gasteiger partial charge in [0.2, 0.25) is 5.91 Å². The van der Waals surface area contributed by atoms with Gasteiger partial charge in [-0.1, -0.05) is 54.2 Å². The molecule has 0 radical (unpaired) electrons. The Kier molecular flexibility index (Phi) is 7.52. The molecule has 3 aromatic heterocycles. The van der Waals surface area contributed by atoms with Gasteiger partial charge in [0.1, 0.15) is 12.2 Å². The van der Waals surface area contributed by atoms with Gasteiger partial charge in [-0.15, -0.1) is 5.10 Å². The number of carbonyl (C=O) groups is 1. The summed E-state index contributed by atoms with van der Waals surface area (Å²) < 4.78 is 14.5. The molecule has 2 aliphatic carbocycles. The van der Waals surface area contributed by atoms with Crippen LogP contribution >= 0.6 is 11.8 Å². The molecule has 1 aliphatic heterocycles. The third-order valence-electron chi connectivity index (χ3n) is 8.38. The van der Waals surface area contributed by atoms with Gasteiger partial charge in [0.05, 0.1) is 12.0 Å². The first-order valence-corrected chi connectivity index (χ1v) is 16.0. The molecule has 2 saturated carbocycles. The lowest BCUT2D eigenvalue weighted by molar-refractivity contribution is -0.163. The zero-order chi connectivity index (χ0) is 29.6. The number of anilines is 1. The summed E-state index contributed by atoms with van der Waals surface area (Å²) in [5.74, 6) is 0.726. The lowest BCUT2D eigenvalue weighted by atomic mass is 10.0. The summed E-state index contributed by atoms with van der Waals surface area (Å²) in [6, 6.07) is 14.3. The number of aromatic nitrogens is 6. The first kappa shape index (κ1) is 28.2. The lowest BCUT2D eigenvalue weighted by Crippen LogP contribution is -2.37. The van der Waals surface area contributed by atoms with Gasteiger partial charge in [0.15, 0.2) is 27.9 Å². The summed E-state index contributed by atoms with van der Waals surface area (Å²) in [5, 5.41) is 16.6. The number of ether oxygens (including phenoxy) is 2. The molecule has 4 heterocycles. The van der Waals surface area contributed by atoms with Crippen molar-refractivity contribution >= 4 is 34.7 Å². The summed E-state index contributed by atoms with van der Waals surface area (Å²) in [6.07, 6.45) is 5.19. The second-order valence-electron chi connectivity index (χ2n) is 12.0. The number of carbonyl (C=O) groups excluding carboxylic acids is 1. The summed E-state index contributed by atoms with van der Waals surface area (Å²) in [5.41, 5.74) is 3.57. The molecule has 0 bridgehead atoms. The number of pyridine rings is 1. The highest BCUT2D eigenvalue weighted by atomic mass is 32.2. The first-order chi connectivity index (χ1) is 20.9. The standard InChI is InChI=1S/C31H36N8O3S/c1-4-14-43-30-35-27(34-22-15-20(22)19-8-6-5-7-9-19)24-28(36-30)39(38-37-24)23-16-21(25-26(23)42-31(2,3)41-25)29(40)33-17-18-10-12-32-13-11-18/h5-13,20-23,25-26H,4,14-17H2,1-3H3,(H,33,40)(H,34,35,36). The molecule has 224 valence electrons. The van der Waals surface area contributed by atoms with Crippen LogP contribution in [0, 0.1) is 5.92 Å². The van der Waals surface area contributed by atoms with Gasteiger partial charge in [-0.2, -0.15) is 0 Å². The maximum absolute atomic E-state index is 13.5. The maximum Gasteiger partial charge on any atom is 0.226 e. The Morgan fingerprint density at radius 1 is 1.07 bits per heavy atom. The normalized spacial score (nSPS) is 27.2. The van der Waals surface area contributed by atoms with Crippen LogP contribution in [0.2, 0.25) is 0 Å². The van der Waals surface area contributed by atoms with Crippen LogP contribution in [0.5, 0.6) is 0 Å². The van der Waals surface area contributed by atoms with Gasteiger partial charge in [-0.3, -0.25) is 9.78 Å². The number of thioether (sulfide) groups is 1. The molecule has 1 amide bonds. The van der Waals surface area contributed by atoms with Crippen LogP contribution in [0.1, 0.15) is 63.1 Å². The molecule has 43 heavy (non-hydrogen) atoms. The van der Waals surface area contributed by atoms with Crippen molar-refractivity contribution in [3.8, 4) is 0 Å². The minimum Gasteiger partial charge on any atom is -0.365 e. The summed E-state index contributed by atoms with van der Waals surface area (Å²) in [6.45, 7) is 6.33. The Morgan fingerprint density at radius 2 is 1.86 bits per heavy atom. The van der Waals surface area contributed by atoms with Crippen molar-refractivity contribution in [2.45, 2.75) is 87.7 Å². The molecule has 4 aromatic rings. The quantitative estimate of drug-likeness (QED) is 0.199. The number of nitrogens with zero attached hydrogens (tertiary/aromatic N) is 6. The van der Waals surface area contributed by atoms with Crippen molar-refractivity contribution < 1.29 is 14.3 Å². The van der Waals surface area contributed by atoms with Crippen LogP contribution < -0.4 is 10.6 Å². The molecular weight excluding hydrogens is 564 g/mol. The van der Waals surface area contributed by atoms with Crippen molar-refractivity contribution in [1.29, 1.82) is 0 Å². The first-order valence-electron chi connectivity index (χ1n) is 15.0. The second-order valence-corrected chi connectivity index (χ2v) is 13.0. The average molecular weight is 601 g/mol. The van der Waals surface area contributed by atoms with E-state index in [1.807, 2.05) is 36.7 Å². The highest BCUT2D eigenvalue weighted by Crippen LogP contribution is 2.48. The van der Waals surface area contributed by atoms with E-state index in [4.69, 9.17) is 19.4 Å². The highest BCUT2D eigenvalue weighted by Gasteiger charge is 2.57. The van der Waals surface area contributed by atoms with Gasteiger partial charge in [-0.05, 0) is 56.4 Å². The van der Waals surface area contributed by atoms with Crippen LogP contribution in [0.4, 0.5) is 5.82 Å². The largest absolute Gasteiger partial charge is 0.365 e. The van der Waals surface area contributed by atoms with Gasteiger partial charge >= 0.3 is 0 Å². The number of rotatable bonds is 10. The van der Waals surface area contributed by atoms with Crippen LogP contribution in [0.3, 0.4) is 0 Å². The molecule has 3 aliphatic rings.